The molecule has 0 saturated heterocycles. The Kier molecular flexibility index (Phi) is 5.07. The van der Waals surface area contributed by atoms with E-state index in [0.29, 0.717) is 17.0 Å². The monoisotopic (exact) mass is 378 g/mol. The highest BCUT2D eigenvalue weighted by Gasteiger charge is 2.43. The standard InChI is InChI=1S/C23H26N2O3/c1-15-12-13-20(28-2)19(14-15)25-21(17-10-6-7-11-18(17)23(25)27)22(26)24-16-8-4-3-5-9-16/h6-7,10-14,16,21H,3-5,8-9H2,1-2H3,(H,24,26). The fourth-order valence-electron chi connectivity index (χ4n) is 4.34. The van der Waals surface area contributed by atoms with Crippen molar-refractivity contribution >= 4 is 17.5 Å². The van der Waals surface area contributed by atoms with E-state index in [0.717, 1.165) is 36.8 Å². The fourth-order valence-corrected chi connectivity index (χ4v) is 4.34. The molecule has 2 aliphatic rings. The predicted molar refractivity (Wildman–Crippen MR) is 109 cm³/mol. The number of anilines is 1. The Morgan fingerprint density at radius 3 is 2.61 bits per heavy atom. The van der Waals surface area contributed by atoms with Gasteiger partial charge in [-0.2, -0.15) is 0 Å². The number of rotatable bonds is 4. The van der Waals surface area contributed by atoms with Crippen LogP contribution >= 0.6 is 0 Å². The van der Waals surface area contributed by atoms with Crippen LogP contribution in [0.1, 0.15) is 59.6 Å². The Morgan fingerprint density at radius 2 is 1.86 bits per heavy atom. The molecule has 1 fully saturated rings. The SMILES string of the molecule is COc1ccc(C)cc1N1C(=O)c2ccccc2C1C(=O)NC1CCCCC1. The number of nitrogens with one attached hydrogen (secondary N) is 1. The fraction of sp³-hybridized carbons (Fsp3) is 0.391. The summed E-state index contributed by atoms with van der Waals surface area (Å²) in [6.45, 7) is 1.97. The van der Waals surface area contributed by atoms with Crippen molar-refractivity contribution in [2.24, 2.45) is 0 Å². The molecule has 1 heterocycles. The Balaban J connectivity index is 1.75. The lowest BCUT2D eigenvalue weighted by molar-refractivity contribution is -0.123. The molecule has 4 rings (SSSR count). The number of benzene rings is 2. The smallest absolute Gasteiger partial charge is 0.259 e. The lowest BCUT2D eigenvalue weighted by Crippen LogP contribution is -2.44. The second-order valence-electron chi connectivity index (χ2n) is 7.68. The molecular weight excluding hydrogens is 352 g/mol. The van der Waals surface area contributed by atoms with Gasteiger partial charge in [-0.1, -0.05) is 43.5 Å². The second-order valence-corrected chi connectivity index (χ2v) is 7.68. The number of fused-ring (bicyclic) bond motifs is 1. The van der Waals surface area contributed by atoms with E-state index in [9.17, 15) is 9.59 Å². The summed E-state index contributed by atoms with van der Waals surface area (Å²) in [6, 6.07) is 12.6. The molecule has 5 heteroatoms. The number of carbonyl (C=O) groups is 2. The maximum absolute atomic E-state index is 13.3. The third-order valence-corrected chi connectivity index (χ3v) is 5.76. The highest BCUT2D eigenvalue weighted by atomic mass is 16.5. The van der Waals surface area contributed by atoms with Crippen LogP contribution in [0.15, 0.2) is 42.5 Å². The van der Waals surface area contributed by atoms with Gasteiger partial charge in [0.2, 0.25) is 5.91 Å². The molecule has 146 valence electrons. The number of methoxy groups -OCH3 is 1. The number of hydrogen-bond donors (Lipinski definition) is 1. The van der Waals surface area contributed by atoms with Gasteiger partial charge in [0.25, 0.3) is 5.91 Å². The zero-order valence-electron chi connectivity index (χ0n) is 16.4. The van der Waals surface area contributed by atoms with Crippen molar-refractivity contribution in [3.05, 3.63) is 59.2 Å². The van der Waals surface area contributed by atoms with Crippen molar-refractivity contribution in [2.45, 2.75) is 51.1 Å². The van der Waals surface area contributed by atoms with Crippen LogP contribution < -0.4 is 15.0 Å². The Hall–Kier alpha value is -2.82. The summed E-state index contributed by atoms with van der Waals surface area (Å²) >= 11 is 0. The molecule has 1 aliphatic heterocycles. The maximum atomic E-state index is 13.3. The molecule has 2 aromatic rings. The average molecular weight is 378 g/mol. The van der Waals surface area contributed by atoms with Crippen LogP contribution in [0.5, 0.6) is 5.75 Å². The average Bonchev–Trinajstić information content (AvgIpc) is 3.01. The first kappa shape index (κ1) is 18.5. The maximum Gasteiger partial charge on any atom is 0.259 e. The van der Waals surface area contributed by atoms with E-state index in [1.807, 2.05) is 43.3 Å². The number of ether oxygens (including phenoxy) is 1. The summed E-state index contributed by atoms with van der Waals surface area (Å²) in [6.07, 6.45) is 5.51. The van der Waals surface area contributed by atoms with Gasteiger partial charge < -0.3 is 10.1 Å². The van der Waals surface area contributed by atoms with E-state index in [4.69, 9.17) is 4.74 Å². The first-order valence-corrected chi connectivity index (χ1v) is 9.97. The summed E-state index contributed by atoms with van der Waals surface area (Å²) in [5.41, 5.74) is 2.97. The molecule has 2 amide bonds. The van der Waals surface area contributed by atoms with E-state index in [-0.39, 0.29) is 17.9 Å². The molecule has 0 aromatic heterocycles. The van der Waals surface area contributed by atoms with Crippen molar-refractivity contribution in [2.75, 3.05) is 12.0 Å². The van der Waals surface area contributed by atoms with Crippen LogP contribution in [0, 0.1) is 6.92 Å². The van der Waals surface area contributed by atoms with Crippen LogP contribution in [-0.2, 0) is 4.79 Å². The molecule has 28 heavy (non-hydrogen) atoms. The van der Waals surface area contributed by atoms with Crippen molar-refractivity contribution in [3.8, 4) is 5.75 Å². The molecule has 0 radical (unpaired) electrons. The van der Waals surface area contributed by atoms with E-state index < -0.39 is 6.04 Å². The molecule has 1 atom stereocenters. The molecule has 1 saturated carbocycles. The third kappa shape index (κ3) is 3.26. The van der Waals surface area contributed by atoms with Gasteiger partial charge in [-0.15, -0.1) is 0 Å². The van der Waals surface area contributed by atoms with Crippen molar-refractivity contribution in [3.63, 3.8) is 0 Å². The minimum Gasteiger partial charge on any atom is -0.495 e. The van der Waals surface area contributed by atoms with E-state index >= 15 is 0 Å². The Bertz CT molecular complexity index is 902. The number of hydrogen-bond acceptors (Lipinski definition) is 3. The van der Waals surface area contributed by atoms with Crippen LogP contribution in [-0.4, -0.2) is 25.0 Å². The normalized spacial score (nSPS) is 19.4. The highest BCUT2D eigenvalue weighted by Crippen LogP contribution is 2.42. The van der Waals surface area contributed by atoms with Gasteiger partial charge in [-0.3, -0.25) is 14.5 Å². The number of nitrogens with zero attached hydrogens (tertiary/aromatic N) is 1. The molecule has 1 aliphatic carbocycles. The number of amides is 2. The summed E-state index contributed by atoms with van der Waals surface area (Å²) < 4.78 is 5.51. The van der Waals surface area contributed by atoms with Gasteiger partial charge in [0, 0.05) is 11.6 Å². The zero-order valence-corrected chi connectivity index (χ0v) is 16.4. The summed E-state index contributed by atoms with van der Waals surface area (Å²) in [4.78, 5) is 28.2. The van der Waals surface area contributed by atoms with Crippen LogP contribution in [0.25, 0.3) is 0 Å². The largest absolute Gasteiger partial charge is 0.495 e. The minimum atomic E-state index is -0.679. The Labute approximate surface area is 165 Å². The van der Waals surface area contributed by atoms with Crippen molar-refractivity contribution in [1.82, 2.24) is 5.32 Å². The quantitative estimate of drug-likeness (QED) is 0.869. The van der Waals surface area contributed by atoms with Crippen LogP contribution in [0.4, 0.5) is 5.69 Å². The molecule has 0 spiro atoms. The van der Waals surface area contributed by atoms with Gasteiger partial charge in [-0.25, -0.2) is 0 Å². The van der Waals surface area contributed by atoms with E-state index in [2.05, 4.69) is 5.32 Å². The minimum absolute atomic E-state index is 0.117. The van der Waals surface area contributed by atoms with Gasteiger partial charge in [0.05, 0.1) is 12.8 Å². The molecule has 2 aromatic carbocycles. The van der Waals surface area contributed by atoms with Crippen LogP contribution in [0.2, 0.25) is 0 Å². The number of carbonyl (C=O) groups excluding carboxylic acids is 2. The van der Waals surface area contributed by atoms with Gasteiger partial charge in [0.15, 0.2) is 0 Å². The first-order chi connectivity index (χ1) is 13.6. The Morgan fingerprint density at radius 1 is 1.11 bits per heavy atom. The molecule has 1 N–H and O–H groups in total. The van der Waals surface area contributed by atoms with Crippen molar-refractivity contribution < 1.29 is 14.3 Å². The predicted octanol–water partition coefficient (Wildman–Crippen LogP) is 4.15. The summed E-state index contributed by atoms with van der Waals surface area (Å²) in [5, 5.41) is 3.20. The lowest BCUT2D eigenvalue weighted by Gasteiger charge is -2.29. The molecule has 5 nitrogen and oxygen atoms in total. The zero-order chi connectivity index (χ0) is 19.7. The van der Waals surface area contributed by atoms with Crippen LogP contribution in [0.3, 0.4) is 0 Å². The van der Waals surface area contributed by atoms with E-state index in [1.54, 1.807) is 18.1 Å². The first-order valence-electron chi connectivity index (χ1n) is 9.97. The molecule has 1 unspecified atom stereocenters. The molecular formula is C23H26N2O3. The van der Waals surface area contributed by atoms with Crippen molar-refractivity contribution in [1.29, 1.82) is 0 Å². The summed E-state index contributed by atoms with van der Waals surface area (Å²) in [7, 11) is 1.58. The van der Waals surface area contributed by atoms with Gasteiger partial charge in [0.1, 0.15) is 11.8 Å². The second kappa shape index (κ2) is 7.66. The van der Waals surface area contributed by atoms with Gasteiger partial charge >= 0.3 is 0 Å². The topological polar surface area (TPSA) is 58.6 Å². The lowest BCUT2D eigenvalue weighted by atomic mass is 9.95. The van der Waals surface area contributed by atoms with E-state index in [1.165, 1.54) is 6.42 Å². The summed E-state index contributed by atoms with van der Waals surface area (Å²) in [5.74, 6) is 0.305. The van der Waals surface area contributed by atoms with Gasteiger partial charge in [-0.05, 0) is 49.1 Å². The molecule has 0 bridgehead atoms. The highest BCUT2D eigenvalue weighted by molar-refractivity contribution is 6.16. The third-order valence-electron chi connectivity index (χ3n) is 5.76. The number of aryl methyl sites for hydroxylation is 1.